The van der Waals surface area contributed by atoms with Crippen LogP contribution in [-0.2, 0) is 21.9 Å². The van der Waals surface area contributed by atoms with Gasteiger partial charge in [-0.15, -0.1) is 0 Å². The van der Waals surface area contributed by atoms with E-state index >= 15 is 0 Å². The van der Waals surface area contributed by atoms with Crippen LogP contribution in [0, 0.1) is 0 Å². The van der Waals surface area contributed by atoms with Crippen molar-refractivity contribution in [3.63, 3.8) is 0 Å². The molecule has 5 rings (SSSR count). The van der Waals surface area contributed by atoms with Crippen LogP contribution in [-0.4, -0.2) is 79.2 Å². The fourth-order valence-corrected chi connectivity index (χ4v) is 7.16. The summed E-state index contributed by atoms with van der Waals surface area (Å²) in [6.07, 6.45) is -7.71. The molecule has 6 amide bonds. The molecule has 17 nitrogen and oxygen atoms in total. The van der Waals surface area contributed by atoms with E-state index in [9.17, 15) is 45.5 Å². The lowest BCUT2D eigenvalue weighted by Crippen LogP contribution is -2.25. The Bertz CT molecular complexity index is 2160. The molecule has 3 aromatic rings. The third-order valence-electron chi connectivity index (χ3n) is 9.77. The Morgan fingerprint density at radius 3 is 1.38 bits per heavy atom. The van der Waals surface area contributed by atoms with Crippen LogP contribution in [0.15, 0.2) is 53.5 Å². The average Bonchev–Trinajstić information content (AvgIpc) is 3.95. The Balaban J connectivity index is 1.31. The number of benzene rings is 3. The molecule has 0 bridgehead atoms. The SMILES string of the molecule is NC(N)=NCCCCC(=O)Nc1cc(C(F)(F)F)cc(NC(=O)Nc2ccc(NC(=O)Nc3cc(C(F)(F)F)cc(NC(=O)CCCCI)c3OC3CCNC3)cc2)c1OC1CCNC1. The molecule has 2 fully saturated rings. The van der Waals surface area contributed by atoms with Gasteiger partial charge in [-0.25, -0.2) is 9.59 Å². The molecule has 2 aliphatic heterocycles. The number of hydrogen-bond acceptors (Lipinski definition) is 9. The van der Waals surface area contributed by atoms with E-state index in [4.69, 9.17) is 20.9 Å². The van der Waals surface area contributed by atoms with E-state index in [1.807, 2.05) is 0 Å². The van der Waals surface area contributed by atoms with Crippen molar-refractivity contribution in [2.75, 3.05) is 69.1 Å². The highest BCUT2D eigenvalue weighted by atomic mass is 127. The molecule has 65 heavy (non-hydrogen) atoms. The molecule has 0 aliphatic carbocycles. The molecule has 12 N–H and O–H groups in total. The van der Waals surface area contributed by atoms with Gasteiger partial charge in [0.25, 0.3) is 0 Å². The van der Waals surface area contributed by atoms with E-state index in [0.717, 1.165) is 23.0 Å². The van der Waals surface area contributed by atoms with Crippen molar-refractivity contribution < 1.29 is 55.0 Å². The molecule has 24 heteroatoms. The van der Waals surface area contributed by atoms with Gasteiger partial charge in [0.05, 0.1) is 33.9 Å². The summed E-state index contributed by atoms with van der Waals surface area (Å²) >= 11 is 2.16. The monoisotopic (exact) mass is 1030 g/mol. The largest absolute Gasteiger partial charge is 0.485 e. The number of guanidine groups is 1. The molecule has 0 saturated carbocycles. The summed E-state index contributed by atoms with van der Waals surface area (Å²) in [4.78, 5) is 56.1. The van der Waals surface area contributed by atoms with E-state index in [-0.39, 0.29) is 71.0 Å². The highest BCUT2D eigenvalue weighted by molar-refractivity contribution is 14.1. The minimum Gasteiger partial charge on any atom is -0.485 e. The number of nitrogens with zero attached hydrogens (tertiary/aromatic N) is 1. The number of nitrogens with one attached hydrogen (secondary N) is 8. The first-order valence-corrected chi connectivity index (χ1v) is 22.1. The Labute approximate surface area is 383 Å². The number of carbonyl (C=O) groups excluding carboxylic acids is 4. The lowest BCUT2D eigenvalue weighted by Gasteiger charge is -2.22. The fourth-order valence-electron chi connectivity index (χ4n) is 6.62. The highest BCUT2D eigenvalue weighted by Crippen LogP contribution is 2.43. The second-order valence-electron chi connectivity index (χ2n) is 15.0. The zero-order valence-corrected chi connectivity index (χ0v) is 37.0. The van der Waals surface area contributed by atoms with Crippen molar-refractivity contribution >= 4 is 86.6 Å². The van der Waals surface area contributed by atoms with Gasteiger partial charge in [0, 0.05) is 43.9 Å². The van der Waals surface area contributed by atoms with Crippen molar-refractivity contribution in [3.05, 3.63) is 59.7 Å². The maximum absolute atomic E-state index is 14.2. The van der Waals surface area contributed by atoms with Gasteiger partial charge < -0.3 is 63.5 Å². The maximum Gasteiger partial charge on any atom is 0.416 e. The second kappa shape index (κ2) is 23.4. The Hall–Kier alpha value is -5.76. The normalized spacial score (nSPS) is 16.0. The number of carbonyl (C=O) groups is 4. The van der Waals surface area contributed by atoms with Crippen molar-refractivity contribution in [2.24, 2.45) is 16.5 Å². The van der Waals surface area contributed by atoms with Crippen LogP contribution in [0.4, 0.5) is 70.1 Å². The number of hydrogen-bond donors (Lipinski definition) is 10. The predicted molar refractivity (Wildman–Crippen MR) is 243 cm³/mol. The summed E-state index contributed by atoms with van der Waals surface area (Å²) in [6.45, 7) is 2.14. The van der Waals surface area contributed by atoms with Gasteiger partial charge in [-0.1, -0.05) is 22.6 Å². The van der Waals surface area contributed by atoms with E-state index in [1.54, 1.807) is 0 Å². The Kier molecular flexibility index (Phi) is 18.1. The van der Waals surface area contributed by atoms with Crippen LogP contribution in [0.1, 0.15) is 62.5 Å². The molecule has 2 heterocycles. The van der Waals surface area contributed by atoms with Crippen LogP contribution >= 0.6 is 22.6 Å². The number of anilines is 6. The lowest BCUT2D eigenvalue weighted by atomic mass is 10.1. The van der Waals surface area contributed by atoms with Crippen molar-refractivity contribution in [2.45, 2.75) is 75.9 Å². The van der Waals surface area contributed by atoms with E-state index in [2.05, 4.69) is 70.1 Å². The van der Waals surface area contributed by atoms with Crippen molar-refractivity contribution in [1.29, 1.82) is 0 Å². The Morgan fingerprint density at radius 1 is 0.631 bits per heavy atom. The number of rotatable bonds is 19. The van der Waals surface area contributed by atoms with Crippen LogP contribution < -0.4 is 63.5 Å². The van der Waals surface area contributed by atoms with Crippen LogP contribution in [0.25, 0.3) is 0 Å². The number of alkyl halides is 7. The van der Waals surface area contributed by atoms with Crippen molar-refractivity contribution in [1.82, 2.24) is 10.6 Å². The van der Waals surface area contributed by atoms with Crippen LogP contribution in [0.3, 0.4) is 0 Å². The van der Waals surface area contributed by atoms with Crippen molar-refractivity contribution in [3.8, 4) is 11.5 Å². The first kappa shape index (κ1) is 50.2. The third kappa shape index (κ3) is 16.0. The molecular weight excluding hydrogens is 983 g/mol. The summed E-state index contributed by atoms with van der Waals surface area (Å²) in [5, 5.41) is 21.0. The molecule has 2 unspecified atom stereocenters. The number of aliphatic imine (C=N–C) groups is 1. The lowest BCUT2D eigenvalue weighted by molar-refractivity contribution is -0.138. The number of amides is 6. The Morgan fingerprint density at radius 2 is 1.03 bits per heavy atom. The first-order chi connectivity index (χ1) is 30.9. The number of ether oxygens (including phenoxy) is 2. The molecule has 0 aromatic heterocycles. The van der Waals surface area contributed by atoms with Gasteiger partial charge in [-0.3, -0.25) is 14.6 Å². The zero-order chi connectivity index (χ0) is 47.1. The van der Waals surface area contributed by atoms with E-state index in [1.165, 1.54) is 24.3 Å². The highest BCUT2D eigenvalue weighted by Gasteiger charge is 2.35. The second-order valence-corrected chi connectivity index (χ2v) is 16.1. The van der Waals surface area contributed by atoms with Gasteiger partial charge >= 0.3 is 24.4 Å². The molecule has 2 atom stereocenters. The summed E-state index contributed by atoms with van der Waals surface area (Å²) in [7, 11) is 0. The molecule has 0 radical (unpaired) electrons. The predicted octanol–water partition coefficient (Wildman–Crippen LogP) is 7.42. The minimum atomic E-state index is -4.88. The van der Waals surface area contributed by atoms with E-state index < -0.39 is 59.6 Å². The van der Waals surface area contributed by atoms with Gasteiger partial charge in [-0.2, -0.15) is 26.3 Å². The third-order valence-corrected chi connectivity index (χ3v) is 10.5. The first-order valence-electron chi connectivity index (χ1n) is 20.6. The smallest absolute Gasteiger partial charge is 0.416 e. The quantitative estimate of drug-likeness (QED) is 0.0142. The van der Waals surface area contributed by atoms with Gasteiger partial charge in [0.15, 0.2) is 17.5 Å². The topological polar surface area (TPSA) is 247 Å². The van der Waals surface area contributed by atoms with Gasteiger partial charge in [0.1, 0.15) is 12.2 Å². The number of unbranched alkanes of at least 4 members (excludes halogenated alkanes) is 2. The average molecular weight is 1030 g/mol. The van der Waals surface area contributed by atoms with Gasteiger partial charge in [-0.05, 0) is 105 Å². The summed E-state index contributed by atoms with van der Waals surface area (Å²) in [6, 6.07) is 6.30. The fraction of sp³-hybridized carbons (Fsp3) is 0.439. The zero-order valence-electron chi connectivity index (χ0n) is 34.9. The number of halogens is 7. The number of nitrogens with two attached hydrogens (primary N) is 2. The molecule has 354 valence electrons. The molecule has 3 aromatic carbocycles. The number of urea groups is 2. The molecule has 2 saturated heterocycles. The maximum atomic E-state index is 14.2. The standard InChI is InChI=1S/C41H50F6IN11O6/c42-40(43,44)23-17-29(56-33(60)5-1-3-13-48)35(64-27-11-15-51-21-27)31(19-23)58-38(62)54-25-7-9-26(10-8-25)55-39(63)59-32-20-24(41(45,46)47)18-30(36(32)65-28-12-16-52-22-28)57-34(61)6-2-4-14-53-37(49)50/h7-10,17-20,27-28,51-52H,1-6,11-16,21-22H2,(H,56,60)(H,57,61)(H4,49,50,53)(H2,54,58,62)(H2,55,59,63). The van der Waals surface area contributed by atoms with Crippen LogP contribution in [0.5, 0.6) is 11.5 Å². The molecule has 0 spiro atoms. The summed E-state index contributed by atoms with van der Waals surface area (Å²) < 4.78 is 97.7. The van der Waals surface area contributed by atoms with E-state index in [0.29, 0.717) is 70.4 Å². The molecule has 2 aliphatic rings. The van der Waals surface area contributed by atoms with Gasteiger partial charge in [0.2, 0.25) is 11.8 Å². The molecular formula is C41H50F6IN11O6. The summed E-state index contributed by atoms with van der Waals surface area (Å²) in [5.74, 6) is -1.61. The van der Waals surface area contributed by atoms with Crippen LogP contribution in [0.2, 0.25) is 0 Å². The minimum absolute atomic E-state index is 0.0597. The summed E-state index contributed by atoms with van der Waals surface area (Å²) in [5.41, 5.74) is 7.24.